The molecule has 0 bridgehead atoms. The lowest BCUT2D eigenvalue weighted by atomic mass is 9.93. The summed E-state index contributed by atoms with van der Waals surface area (Å²) in [6.07, 6.45) is 2.64. The van der Waals surface area contributed by atoms with Crippen LogP contribution in [-0.4, -0.2) is 29.3 Å². The quantitative estimate of drug-likeness (QED) is 0.697. The van der Waals surface area contributed by atoms with Crippen LogP contribution in [0.3, 0.4) is 0 Å². The zero-order chi connectivity index (χ0) is 20.2. The number of furan rings is 1. The molecule has 0 aliphatic carbocycles. The van der Waals surface area contributed by atoms with E-state index in [9.17, 15) is 9.59 Å². The number of carbonyl (C=O) groups is 2. The molecule has 0 saturated carbocycles. The molecule has 1 N–H and O–H groups in total. The summed E-state index contributed by atoms with van der Waals surface area (Å²) >= 11 is 5.91. The minimum absolute atomic E-state index is 0.159. The first-order valence-electron chi connectivity index (χ1n) is 9.55. The third kappa shape index (κ3) is 4.35. The Morgan fingerprint density at radius 2 is 1.79 bits per heavy atom. The van der Waals surface area contributed by atoms with E-state index in [1.165, 1.54) is 6.26 Å². The maximum atomic E-state index is 13.0. The molecule has 4 rings (SSSR count). The molecule has 29 heavy (non-hydrogen) atoms. The molecule has 2 amide bonds. The lowest BCUT2D eigenvalue weighted by Crippen LogP contribution is -2.52. The third-order valence-corrected chi connectivity index (χ3v) is 5.42. The summed E-state index contributed by atoms with van der Waals surface area (Å²) in [6, 6.07) is 18.2. The van der Waals surface area contributed by atoms with Gasteiger partial charge in [-0.25, -0.2) is 0 Å². The molecule has 148 valence electrons. The summed E-state index contributed by atoms with van der Waals surface area (Å²) in [5.41, 5.74) is 3.23. The molecule has 0 spiro atoms. The average Bonchev–Trinajstić information content (AvgIpc) is 3.28. The highest BCUT2D eigenvalue weighted by Crippen LogP contribution is 2.25. The molecule has 5 nitrogen and oxygen atoms in total. The Labute approximate surface area is 174 Å². The van der Waals surface area contributed by atoms with Gasteiger partial charge in [-0.1, -0.05) is 48.0 Å². The van der Waals surface area contributed by atoms with Crippen LogP contribution in [0.15, 0.2) is 71.3 Å². The molecule has 1 aliphatic rings. The van der Waals surface area contributed by atoms with Crippen molar-refractivity contribution in [1.82, 2.24) is 10.2 Å². The highest BCUT2D eigenvalue weighted by Gasteiger charge is 2.35. The first-order valence-corrected chi connectivity index (χ1v) is 9.93. The average molecular weight is 409 g/mol. The first kappa shape index (κ1) is 19.3. The van der Waals surface area contributed by atoms with Crippen molar-refractivity contribution >= 4 is 23.4 Å². The number of benzene rings is 2. The van der Waals surface area contributed by atoms with Crippen LogP contribution in [0, 0.1) is 0 Å². The smallest absolute Gasteiger partial charge is 0.290 e. The predicted molar refractivity (Wildman–Crippen MR) is 111 cm³/mol. The van der Waals surface area contributed by atoms with E-state index in [0.717, 1.165) is 16.7 Å². The molecule has 0 fully saturated rings. The van der Waals surface area contributed by atoms with Crippen molar-refractivity contribution in [2.45, 2.75) is 25.4 Å². The maximum absolute atomic E-state index is 13.0. The molecule has 1 aliphatic heterocycles. The number of nitrogens with zero attached hydrogens (tertiary/aromatic N) is 1. The fraction of sp³-hybridized carbons (Fsp3) is 0.217. The summed E-state index contributed by atoms with van der Waals surface area (Å²) in [6.45, 7) is 0.867. The summed E-state index contributed by atoms with van der Waals surface area (Å²) in [4.78, 5) is 27.5. The van der Waals surface area contributed by atoms with E-state index < -0.39 is 6.04 Å². The molecule has 2 heterocycles. The lowest BCUT2D eigenvalue weighted by Gasteiger charge is -2.35. The largest absolute Gasteiger partial charge is 0.459 e. The lowest BCUT2D eigenvalue weighted by molar-refractivity contribution is -0.126. The summed E-state index contributed by atoms with van der Waals surface area (Å²) in [5.74, 6) is -0.195. The number of hydrogen-bond donors (Lipinski definition) is 1. The van der Waals surface area contributed by atoms with Gasteiger partial charge in [0.1, 0.15) is 6.04 Å². The van der Waals surface area contributed by atoms with E-state index in [2.05, 4.69) is 5.32 Å². The maximum Gasteiger partial charge on any atom is 0.290 e. The molecule has 1 unspecified atom stereocenters. The Morgan fingerprint density at radius 3 is 2.52 bits per heavy atom. The van der Waals surface area contributed by atoms with E-state index >= 15 is 0 Å². The number of hydrogen-bond acceptors (Lipinski definition) is 3. The fourth-order valence-electron chi connectivity index (χ4n) is 3.61. The van der Waals surface area contributed by atoms with Crippen LogP contribution in [0.1, 0.15) is 27.2 Å². The highest BCUT2D eigenvalue weighted by molar-refractivity contribution is 6.30. The van der Waals surface area contributed by atoms with Gasteiger partial charge in [0.2, 0.25) is 5.91 Å². The Kier molecular flexibility index (Phi) is 5.67. The summed E-state index contributed by atoms with van der Waals surface area (Å²) in [7, 11) is 0. The molecule has 6 heteroatoms. The van der Waals surface area contributed by atoms with Gasteiger partial charge in [0.05, 0.1) is 6.26 Å². The van der Waals surface area contributed by atoms with Crippen LogP contribution in [0.2, 0.25) is 5.02 Å². The number of nitrogens with one attached hydrogen (secondary N) is 1. The van der Waals surface area contributed by atoms with Gasteiger partial charge in [-0.15, -0.1) is 0 Å². The molecular formula is C23H21ClN2O3. The van der Waals surface area contributed by atoms with Gasteiger partial charge < -0.3 is 14.6 Å². The highest BCUT2D eigenvalue weighted by atomic mass is 35.5. The Hall–Kier alpha value is -3.05. The Balaban J connectivity index is 1.48. The molecule has 0 radical (unpaired) electrons. The number of carbonyl (C=O) groups excluding carboxylic acids is 2. The zero-order valence-electron chi connectivity index (χ0n) is 15.8. The van der Waals surface area contributed by atoms with Crippen LogP contribution in [-0.2, 0) is 24.2 Å². The molecule has 1 aromatic heterocycles. The van der Waals surface area contributed by atoms with E-state index in [1.54, 1.807) is 17.0 Å². The van der Waals surface area contributed by atoms with Crippen molar-refractivity contribution < 1.29 is 14.0 Å². The molecular weight excluding hydrogens is 388 g/mol. The van der Waals surface area contributed by atoms with Gasteiger partial charge in [-0.2, -0.15) is 0 Å². The molecule has 1 atom stereocenters. The predicted octanol–water partition coefficient (Wildman–Crippen LogP) is 3.86. The van der Waals surface area contributed by atoms with Crippen molar-refractivity contribution in [3.8, 4) is 0 Å². The van der Waals surface area contributed by atoms with Crippen molar-refractivity contribution in [2.24, 2.45) is 0 Å². The van der Waals surface area contributed by atoms with Crippen LogP contribution in [0.25, 0.3) is 0 Å². The topological polar surface area (TPSA) is 62.6 Å². The second-order valence-electron chi connectivity index (χ2n) is 7.07. The van der Waals surface area contributed by atoms with Crippen LogP contribution in [0.5, 0.6) is 0 Å². The second-order valence-corrected chi connectivity index (χ2v) is 7.50. The van der Waals surface area contributed by atoms with Gasteiger partial charge >= 0.3 is 0 Å². The van der Waals surface area contributed by atoms with Gasteiger partial charge in [0.15, 0.2) is 5.76 Å². The van der Waals surface area contributed by atoms with Crippen molar-refractivity contribution in [2.75, 3.05) is 6.54 Å². The van der Waals surface area contributed by atoms with Gasteiger partial charge in [-0.05, 0) is 47.4 Å². The Morgan fingerprint density at radius 1 is 1.03 bits per heavy atom. The van der Waals surface area contributed by atoms with Gasteiger partial charge in [0.25, 0.3) is 5.91 Å². The van der Waals surface area contributed by atoms with Crippen LogP contribution >= 0.6 is 11.6 Å². The number of amides is 2. The molecule has 2 aromatic carbocycles. The number of halogens is 1. The SMILES string of the molecule is O=C(NCCc1ccc(Cl)cc1)C1Cc2ccccc2CN1C(=O)c1ccco1. The van der Waals surface area contributed by atoms with Crippen LogP contribution in [0.4, 0.5) is 0 Å². The minimum Gasteiger partial charge on any atom is -0.459 e. The number of fused-ring (bicyclic) bond motifs is 1. The number of rotatable bonds is 5. The summed E-state index contributed by atoms with van der Waals surface area (Å²) in [5, 5.41) is 3.67. The van der Waals surface area contributed by atoms with E-state index in [1.807, 2.05) is 48.5 Å². The van der Waals surface area contributed by atoms with Crippen LogP contribution < -0.4 is 5.32 Å². The minimum atomic E-state index is -0.576. The molecule has 3 aromatic rings. The second kappa shape index (κ2) is 8.53. The Bertz CT molecular complexity index is 999. The third-order valence-electron chi connectivity index (χ3n) is 5.17. The fourth-order valence-corrected chi connectivity index (χ4v) is 3.74. The van der Waals surface area contributed by atoms with Gasteiger partial charge in [0, 0.05) is 24.5 Å². The zero-order valence-corrected chi connectivity index (χ0v) is 16.6. The molecule has 0 saturated heterocycles. The van der Waals surface area contributed by atoms with Crippen molar-refractivity contribution in [3.63, 3.8) is 0 Å². The first-order chi connectivity index (χ1) is 14.1. The van der Waals surface area contributed by atoms with E-state index in [0.29, 0.717) is 31.0 Å². The monoisotopic (exact) mass is 408 g/mol. The van der Waals surface area contributed by atoms with Crippen molar-refractivity contribution in [1.29, 1.82) is 0 Å². The van der Waals surface area contributed by atoms with Crippen molar-refractivity contribution in [3.05, 3.63) is 94.4 Å². The van der Waals surface area contributed by atoms with E-state index in [-0.39, 0.29) is 17.6 Å². The van der Waals surface area contributed by atoms with Gasteiger partial charge in [-0.3, -0.25) is 9.59 Å². The summed E-state index contributed by atoms with van der Waals surface area (Å²) < 4.78 is 5.28. The van der Waals surface area contributed by atoms with E-state index in [4.69, 9.17) is 16.0 Å². The normalized spacial score (nSPS) is 15.6. The standard InChI is InChI=1S/C23H21ClN2O3/c24-19-9-7-16(8-10-19)11-12-25-22(27)20-14-17-4-1-2-5-18(17)15-26(20)23(28)21-6-3-13-29-21/h1-10,13,20H,11-12,14-15H2,(H,25,27).